The number of hydrogen-bond acceptors (Lipinski definition) is 1. The monoisotopic (exact) mass is 331 g/mol. The van der Waals surface area contributed by atoms with Gasteiger partial charge in [0.15, 0.2) is 0 Å². The van der Waals surface area contributed by atoms with E-state index in [0.29, 0.717) is 19.0 Å². The summed E-state index contributed by atoms with van der Waals surface area (Å²) in [5, 5.41) is 0.182. The predicted octanol–water partition coefficient (Wildman–Crippen LogP) is 4.57. The zero-order chi connectivity index (χ0) is 16.2. The van der Waals surface area contributed by atoms with Crippen molar-refractivity contribution in [2.24, 2.45) is 5.92 Å². The van der Waals surface area contributed by atoms with Crippen LogP contribution in [0.4, 0.5) is 4.39 Å². The Morgan fingerprint density at radius 3 is 2.43 bits per heavy atom. The lowest BCUT2D eigenvalue weighted by Gasteiger charge is -2.32. The Hall–Kier alpha value is -1.87. The fourth-order valence-corrected chi connectivity index (χ4v) is 3.39. The highest BCUT2D eigenvalue weighted by Crippen LogP contribution is 2.26. The third kappa shape index (κ3) is 3.73. The molecule has 0 radical (unpaired) electrons. The largest absolute Gasteiger partial charge is 0.338 e. The van der Waals surface area contributed by atoms with E-state index in [2.05, 4.69) is 12.1 Å². The normalized spacial score (nSPS) is 15.7. The number of carbonyl (C=O) groups is 1. The van der Waals surface area contributed by atoms with Crippen molar-refractivity contribution in [2.45, 2.75) is 19.3 Å². The first-order valence-corrected chi connectivity index (χ1v) is 8.30. The molecule has 1 aliphatic rings. The third-order valence-corrected chi connectivity index (χ3v) is 4.76. The van der Waals surface area contributed by atoms with E-state index < -0.39 is 5.82 Å². The molecule has 2 aromatic rings. The molecule has 1 saturated heterocycles. The fourth-order valence-electron chi connectivity index (χ4n) is 3.15. The summed E-state index contributed by atoms with van der Waals surface area (Å²) in [6.45, 7) is 1.31. The highest BCUT2D eigenvalue weighted by Gasteiger charge is 2.26. The van der Waals surface area contributed by atoms with E-state index in [9.17, 15) is 9.18 Å². The quantitative estimate of drug-likeness (QED) is 0.806. The molecule has 0 aromatic heterocycles. The maximum Gasteiger partial charge on any atom is 0.258 e. The molecule has 3 rings (SSSR count). The van der Waals surface area contributed by atoms with E-state index in [1.165, 1.54) is 17.7 Å². The van der Waals surface area contributed by atoms with Crippen LogP contribution >= 0.6 is 11.6 Å². The fraction of sp³-hybridized carbons (Fsp3) is 0.316. The van der Waals surface area contributed by atoms with Gasteiger partial charge in [-0.2, -0.15) is 0 Å². The van der Waals surface area contributed by atoms with Gasteiger partial charge >= 0.3 is 0 Å². The van der Waals surface area contributed by atoms with Gasteiger partial charge in [0.1, 0.15) is 5.82 Å². The summed E-state index contributed by atoms with van der Waals surface area (Å²) in [4.78, 5) is 14.2. The molecule has 1 heterocycles. The molecular weight excluding hydrogens is 313 g/mol. The second-order valence-electron chi connectivity index (χ2n) is 6.02. The lowest BCUT2D eigenvalue weighted by atomic mass is 9.90. The summed E-state index contributed by atoms with van der Waals surface area (Å²) in [5.74, 6) is -0.280. The molecular formula is C19H19ClFNO. The SMILES string of the molecule is O=C(c1c(F)cccc1Cl)N1CCC(Cc2ccccc2)CC1. The molecule has 0 saturated carbocycles. The first-order valence-electron chi connectivity index (χ1n) is 7.92. The Labute approximate surface area is 140 Å². The van der Waals surface area contributed by atoms with E-state index in [-0.39, 0.29) is 16.5 Å². The van der Waals surface area contributed by atoms with Gasteiger partial charge < -0.3 is 4.90 Å². The minimum atomic E-state index is -0.547. The van der Waals surface area contributed by atoms with Crippen molar-refractivity contribution in [3.05, 3.63) is 70.5 Å². The third-order valence-electron chi connectivity index (χ3n) is 4.45. The average molecular weight is 332 g/mol. The summed E-state index contributed by atoms with van der Waals surface area (Å²) in [6, 6.07) is 14.7. The minimum Gasteiger partial charge on any atom is -0.338 e. The Bertz CT molecular complexity index is 661. The molecule has 4 heteroatoms. The van der Waals surface area contributed by atoms with Gasteiger partial charge in [0.05, 0.1) is 10.6 Å². The highest BCUT2D eigenvalue weighted by molar-refractivity contribution is 6.33. The molecule has 0 bridgehead atoms. The molecule has 1 amide bonds. The highest BCUT2D eigenvalue weighted by atomic mass is 35.5. The molecule has 2 nitrogen and oxygen atoms in total. The van der Waals surface area contributed by atoms with Crippen LogP contribution in [0.5, 0.6) is 0 Å². The first kappa shape index (κ1) is 16.0. The summed E-state index contributed by atoms with van der Waals surface area (Å²) < 4.78 is 13.9. The first-order chi connectivity index (χ1) is 11.1. The van der Waals surface area contributed by atoms with E-state index >= 15 is 0 Å². The second-order valence-corrected chi connectivity index (χ2v) is 6.43. The van der Waals surface area contributed by atoms with Crippen LogP contribution in [0.25, 0.3) is 0 Å². The molecule has 2 aromatic carbocycles. The van der Waals surface area contributed by atoms with E-state index in [1.807, 2.05) is 18.2 Å². The number of amides is 1. The number of benzene rings is 2. The van der Waals surface area contributed by atoms with Crippen molar-refractivity contribution in [1.29, 1.82) is 0 Å². The summed E-state index contributed by atoms with van der Waals surface area (Å²) in [5.41, 5.74) is 1.32. The van der Waals surface area contributed by atoms with Gasteiger partial charge in [0.2, 0.25) is 0 Å². The average Bonchev–Trinajstić information content (AvgIpc) is 2.56. The molecule has 0 atom stereocenters. The zero-order valence-electron chi connectivity index (χ0n) is 12.8. The molecule has 23 heavy (non-hydrogen) atoms. The molecule has 1 fully saturated rings. The van der Waals surface area contributed by atoms with Gasteiger partial charge in [-0.1, -0.05) is 48.0 Å². The number of nitrogens with zero attached hydrogens (tertiary/aromatic N) is 1. The number of halogens is 2. The van der Waals surface area contributed by atoms with Crippen LogP contribution in [-0.2, 0) is 6.42 Å². The van der Waals surface area contributed by atoms with Crippen LogP contribution < -0.4 is 0 Å². The Kier molecular flexibility index (Phi) is 4.97. The summed E-state index contributed by atoms with van der Waals surface area (Å²) in [6.07, 6.45) is 2.91. The topological polar surface area (TPSA) is 20.3 Å². The van der Waals surface area contributed by atoms with Crippen LogP contribution in [0.3, 0.4) is 0 Å². The van der Waals surface area contributed by atoms with Gasteiger partial charge in [-0.05, 0) is 42.9 Å². The maximum absolute atomic E-state index is 13.9. The standard InChI is InChI=1S/C19H19ClFNO/c20-16-7-4-8-17(21)18(16)19(23)22-11-9-15(10-12-22)13-14-5-2-1-3-6-14/h1-8,15H,9-13H2. The maximum atomic E-state index is 13.9. The molecule has 0 unspecified atom stereocenters. The van der Waals surface area contributed by atoms with Crippen molar-refractivity contribution in [2.75, 3.05) is 13.1 Å². The molecule has 0 N–H and O–H groups in total. The lowest BCUT2D eigenvalue weighted by Crippen LogP contribution is -2.39. The Morgan fingerprint density at radius 2 is 1.78 bits per heavy atom. The van der Waals surface area contributed by atoms with Crippen LogP contribution in [0.1, 0.15) is 28.8 Å². The van der Waals surface area contributed by atoms with Gasteiger partial charge in [-0.25, -0.2) is 4.39 Å². The predicted molar refractivity (Wildman–Crippen MR) is 90.2 cm³/mol. The van der Waals surface area contributed by atoms with Crippen LogP contribution in [0.2, 0.25) is 5.02 Å². The number of hydrogen-bond donors (Lipinski definition) is 0. The van der Waals surface area contributed by atoms with E-state index in [4.69, 9.17) is 11.6 Å². The molecule has 0 aliphatic carbocycles. The second kappa shape index (κ2) is 7.14. The Balaban J connectivity index is 1.62. The smallest absolute Gasteiger partial charge is 0.258 e. The van der Waals surface area contributed by atoms with Gasteiger partial charge in [0, 0.05) is 13.1 Å². The summed E-state index contributed by atoms with van der Waals surface area (Å²) >= 11 is 5.99. The van der Waals surface area contributed by atoms with E-state index in [0.717, 1.165) is 19.3 Å². The van der Waals surface area contributed by atoms with Gasteiger partial charge in [-0.15, -0.1) is 0 Å². The number of carbonyl (C=O) groups excluding carboxylic acids is 1. The van der Waals surface area contributed by atoms with Crippen molar-refractivity contribution >= 4 is 17.5 Å². The van der Waals surface area contributed by atoms with E-state index in [1.54, 1.807) is 11.0 Å². The molecule has 0 spiro atoms. The number of likely N-dealkylation sites (tertiary alicyclic amines) is 1. The zero-order valence-corrected chi connectivity index (χ0v) is 13.6. The van der Waals surface area contributed by atoms with Crippen LogP contribution in [0, 0.1) is 11.7 Å². The van der Waals surface area contributed by atoms with Crippen molar-refractivity contribution < 1.29 is 9.18 Å². The van der Waals surface area contributed by atoms with Crippen LogP contribution in [0.15, 0.2) is 48.5 Å². The van der Waals surface area contributed by atoms with Crippen LogP contribution in [-0.4, -0.2) is 23.9 Å². The molecule has 120 valence electrons. The summed E-state index contributed by atoms with van der Waals surface area (Å²) in [7, 11) is 0. The molecule has 1 aliphatic heterocycles. The van der Waals surface area contributed by atoms with Crippen molar-refractivity contribution in [3.8, 4) is 0 Å². The number of piperidine rings is 1. The number of rotatable bonds is 3. The lowest BCUT2D eigenvalue weighted by molar-refractivity contribution is 0.0686. The Morgan fingerprint density at radius 1 is 1.09 bits per heavy atom. The van der Waals surface area contributed by atoms with Crippen molar-refractivity contribution in [1.82, 2.24) is 4.90 Å². The van der Waals surface area contributed by atoms with Gasteiger partial charge in [-0.3, -0.25) is 4.79 Å². The van der Waals surface area contributed by atoms with Crippen molar-refractivity contribution in [3.63, 3.8) is 0 Å². The minimum absolute atomic E-state index is 0.00400. The van der Waals surface area contributed by atoms with Gasteiger partial charge in [0.25, 0.3) is 5.91 Å².